The minimum absolute atomic E-state index is 0.0907. The number of benzene rings is 1. The highest BCUT2D eigenvalue weighted by Crippen LogP contribution is 2.19. The van der Waals surface area contributed by atoms with Gasteiger partial charge >= 0.3 is 5.97 Å². The van der Waals surface area contributed by atoms with Crippen LogP contribution in [0.3, 0.4) is 0 Å². The molecule has 6 nitrogen and oxygen atoms in total. The van der Waals surface area contributed by atoms with Crippen LogP contribution in [0.15, 0.2) is 18.2 Å². The number of anilines is 1. The number of hydrogen-bond donors (Lipinski definition) is 2. The molecule has 1 heterocycles. The molecule has 0 aliphatic heterocycles. The van der Waals surface area contributed by atoms with E-state index in [-0.39, 0.29) is 17.9 Å². The van der Waals surface area contributed by atoms with E-state index in [0.717, 1.165) is 22.5 Å². The molecule has 0 radical (unpaired) electrons. The Morgan fingerprint density at radius 1 is 1.27 bits per heavy atom. The molecule has 0 aliphatic rings. The fourth-order valence-electron chi connectivity index (χ4n) is 2.37. The third kappa shape index (κ3) is 3.16. The van der Waals surface area contributed by atoms with Crippen LogP contribution in [-0.4, -0.2) is 26.8 Å². The van der Waals surface area contributed by atoms with Crippen LogP contribution >= 0.6 is 0 Å². The second kappa shape index (κ2) is 6.01. The summed E-state index contributed by atoms with van der Waals surface area (Å²) >= 11 is 0. The minimum Gasteiger partial charge on any atom is -0.478 e. The number of hydrogen-bond acceptors (Lipinski definition) is 3. The first-order valence-electron chi connectivity index (χ1n) is 6.92. The summed E-state index contributed by atoms with van der Waals surface area (Å²) in [5.41, 5.74) is 3.82. The number of carbonyl (C=O) groups excluding carboxylic acids is 1. The maximum Gasteiger partial charge on any atom is 0.337 e. The lowest BCUT2D eigenvalue weighted by Crippen LogP contribution is -2.17. The standard InChI is InChI=1S/C16H19N3O3/c1-9-5-6-14(13(7-9)16(21)22)17-15(20)8-12-10(2)18-19(4)11(12)3/h5-7H,8H2,1-4H3,(H,17,20)(H,21,22). The molecule has 0 saturated heterocycles. The Bertz CT molecular complexity index is 747. The molecule has 6 heteroatoms. The van der Waals surface area contributed by atoms with E-state index < -0.39 is 5.97 Å². The zero-order valence-corrected chi connectivity index (χ0v) is 13.1. The predicted molar refractivity (Wildman–Crippen MR) is 83.2 cm³/mol. The maximum absolute atomic E-state index is 12.2. The molecule has 1 aromatic heterocycles. The van der Waals surface area contributed by atoms with E-state index in [1.54, 1.807) is 29.8 Å². The lowest BCUT2D eigenvalue weighted by Gasteiger charge is -2.09. The molecular weight excluding hydrogens is 282 g/mol. The van der Waals surface area contributed by atoms with Gasteiger partial charge in [0.1, 0.15) is 0 Å². The molecule has 0 aliphatic carbocycles. The number of carbonyl (C=O) groups is 2. The van der Waals surface area contributed by atoms with E-state index in [2.05, 4.69) is 10.4 Å². The smallest absolute Gasteiger partial charge is 0.337 e. The average molecular weight is 301 g/mol. The van der Waals surface area contributed by atoms with Crippen LogP contribution < -0.4 is 5.32 Å². The molecule has 0 saturated carbocycles. The van der Waals surface area contributed by atoms with Gasteiger partial charge in [0.15, 0.2) is 0 Å². The number of nitrogens with one attached hydrogen (secondary N) is 1. The second-order valence-corrected chi connectivity index (χ2v) is 5.35. The third-order valence-electron chi connectivity index (χ3n) is 3.68. The van der Waals surface area contributed by atoms with Gasteiger partial charge in [0.05, 0.1) is 23.4 Å². The van der Waals surface area contributed by atoms with Crippen molar-refractivity contribution in [3.05, 3.63) is 46.3 Å². The van der Waals surface area contributed by atoms with Gasteiger partial charge in [-0.25, -0.2) is 4.79 Å². The van der Waals surface area contributed by atoms with Gasteiger partial charge in [-0.05, 0) is 32.9 Å². The number of aromatic nitrogens is 2. The summed E-state index contributed by atoms with van der Waals surface area (Å²) in [4.78, 5) is 23.5. The van der Waals surface area contributed by atoms with Crippen molar-refractivity contribution in [1.29, 1.82) is 0 Å². The molecule has 116 valence electrons. The van der Waals surface area contributed by atoms with Gasteiger partial charge in [-0.15, -0.1) is 0 Å². The van der Waals surface area contributed by atoms with Crippen LogP contribution in [0, 0.1) is 20.8 Å². The van der Waals surface area contributed by atoms with Gasteiger partial charge in [0.25, 0.3) is 0 Å². The van der Waals surface area contributed by atoms with Crippen LogP contribution in [0.4, 0.5) is 5.69 Å². The van der Waals surface area contributed by atoms with Gasteiger partial charge in [-0.2, -0.15) is 5.10 Å². The van der Waals surface area contributed by atoms with Gasteiger partial charge in [0.2, 0.25) is 5.91 Å². The van der Waals surface area contributed by atoms with Gasteiger partial charge < -0.3 is 10.4 Å². The summed E-state index contributed by atoms with van der Waals surface area (Å²) in [6.45, 7) is 5.56. The Morgan fingerprint density at radius 3 is 2.50 bits per heavy atom. The van der Waals surface area contributed by atoms with Crippen LogP contribution in [0.1, 0.15) is 32.9 Å². The highest BCUT2D eigenvalue weighted by atomic mass is 16.4. The number of carboxylic acids is 1. The van der Waals surface area contributed by atoms with Crippen LogP contribution in [-0.2, 0) is 18.3 Å². The van der Waals surface area contributed by atoms with Crippen molar-refractivity contribution in [2.45, 2.75) is 27.2 Å². The number of amides is 1. The zero-order valence-electron chi connectivity index (χ0n) is 13.1. The molecule has 0 spiro atoms. The Hall–Kier alpha value is -2.63. The molecule has 1 amide bonds. The summed E-state index contributed by atoms with van der Waals surface area (Å²) in [5.74, 6) is -1.32. The van der Waals surface area contributed by atoms with Crippen LogP contribution in [0.5, 0.6) is 0 Å². The normalized spacial score (nSPS) is 10.5. The summed E-state index contributed by atoms with van der Waals surface area (Å²) in [6, 6.07) is 4.92. The van der Waals surface area contributed by atoms with Gasteiger partial charge in [0, 0.05) is 18.3 Å². The minimum atomic E-state index is -1.06. The lowest BCUT2D eigenvalue weighted by molar-refractivity contribution is -0.115. The van der Waals surface area contributed by atoms with Crippen LogP contribution in [0.25, 0.3) is 0 Å². The molecule has 0 atom stereocenters. The molecule has 22 heavy (non-hydrogen) atoms. The van der Waals surface area contributed by atoms with Crippen molar-refractivity contribution in [2.75, 3.05) is 5.32 Å². The molecule has 2 aromatic rings. The SMILES string of the molecule is Cc1ccc(NC(=O)Cc2c(C)nn(C)c2C)c(C(=O)O)c1. The van der Waals surface area contributed by atoms with Crippen molar-refractivity contribution in [2.24, 2.45) is 7.05 Å². The number of carboxylic acid groups (broad SMARTS) is 1. The first kappa shape index (κ1) is 15.8. The number of aromatic carboxylic acids is 1. The largest absolute Gasteiger partial charge is 0.478 e. The van der Waals surface area contributed by atoms with Gasteiger partial charge in [-0.1, -0.05) is 11.6 Å². The van der Waals surface area contributed by atoms with Crippen LogP contribution in [0.2, 0.25) is 0 Å². The van der Waals surface area contributed by atoms with E-state index in [1.165, 1.54) is 0 Å². The first-order valence-corrected chi connectivity index (χ1v) is 6.92. The third-order valence-corrected chi connectivity index (χ3v) is 3.68. The topological polar surface area (TPSA) is 84.2 Å². The maximum atomic E-state index is 12.2. The fraction of sp³-hybridized carbons (Fsp3) is 0.312. The summed E-state index contributed by atoms with van der Waals surface area (Å²) < 4.78 is 1.73. The predicted octanol–water partition coefficient (Wildman–Crippen LogP) is 2.22. The van der Waals surface area contributed by atoms with Crippen molar-refractivity contribution in [3.8, 4) is 0 Å². The Kier molecular flexibility index (Phi) is 4.30. The van der Waals surface area contributed by atoms with Crippen molar-refractivity contribution in [3.63, 3.8) is 0 Å². The molecule has 0 bridgehead atoms. The highest BCUT2D eigenvalue weighted by molar-refractivity contribution is 6.01. The Balaban J connectivity index is 2.21. The molecule has 2 N–H and O–H groups in total. The van der Waals surface area contributed by atoms with Crippen molar-refractivity contribution in [1.82, 2.24) is 9.78 Å². The Labute approximate surface area is 128 Å². The average Bonchev–Trinajstić information content (AvgIpc) is 2.67. The van der Waals surface area contributed by atoms with E-state index in [4.69, 9.17) is 0 Å². The van der Waals surface area contributed by atoms with E-state index in [0.29, 0.717) is 5.69 Å². The second-order valence-electron chi connectivity index (χ2n) is 5.35. The van der Waals surface area contributed by atoms with E-state index in [1.807, 2.05) is 20.9 Å². The quantitative estimate of drug-likeness (QED) is 0.907. The molecule has 0 fully saturated rings. The summed E-state index contributed by atoms with van der Waals surface area (Å²) in [7, 11) is 1.83. The highest BCUT2D eigenvalue weighted by Gasteiger charge is 2.16. The van der Waals surface area contributed by atoms with Gasteiger partial charge in [-0.3, -0.25) is 9.48 Å². The number of nitrogens with zero attached hydrogens (tertiary/aromatic N) is 2. The molecular formula is C16H19N3O3. The summed E-state index contributed by atoms with van der Waals surface area (Å²) in [6.07, 6.45) is 0.165. The zero-order chi connectivity index (χ0) is 16.4. The van der Waals surface area contributed by atoms with Crippen molar-refractivity contribution >= 4 is 17.6 Å². The Morgan fingerprint density at radius 2 is 1.95 bits per heavy atom. The number of aryl methyl sites for hydroxylation is 3. The number of rotatable bonds is 4. The summed E-state index contributed by atoms with van der Waals surface area (Å²) in [5, 5.41) is 16.2. The molecule has 1 aromatic carbocycles. The molecule has 2 rings (SSSR count). The van der Waals surface area contributed by atoms with Crippen molar-refractivity contribution < 1.29 is 14.7 Å². The fourth-order valence-corrected chi connectivity index (χ4v) is 2.37. The van der Waals surface area contributed by atoms with E-state index in [9.17, 15) is 14.7 Å². The monoisotopic (exact) mass is 301 g/mol. The molecule has 0 unspecified atom stereocenters. The first-order chi connectivity index (χ1) is 10.3. The van der Waals surface area contributed by atoms with E-state index >= 15 is 0 Å². The lowest BCUT2D eigenvalue weighted by atomic mass is 10.1.